The molecule has 3 N–H and O–H groups in total. The number of carboxylic acid groups (broad SMARTS) is 1. The van der Waals surface area contributed by atoms with Crippen LogP contribution in [0.5, 0.6) is 0 Å². The molecular formula is C6H10O4. The molecule has 0 amide bonds. The number of rotatable bonds is 0. The van der Waals surface area contributed by atoms with Crippen molar-refractivity contribution in [2.45, 2.75) is 20.1 Å². The fraction of sp³-hybridized carbons (Fsp3) is 0.500. The number of aliphatic carboxylic acids is 1. The highest BCUT2D eigenvalue weighted by Crippen LogP contribution is 1.63. The van der Waals surface area contributed by atoms with Crippen LogP contribution in [0.1, 0.15) is 13.8 Å². The van der Waals surface area contributed by atoms with Gasteiger partial charge in [0.1, 0.15) is 0 Å². The highest BCUT2D eigenvalue weighted by atomic mass is 16.5. The number of aliphatic hydroxyl groups excluding tert-OH is 1. The molecule has 58 valence electrons. The smallest absolute Gasteiger partial charge is 0.300 e. The quantitative estimate of drug-likeness (QED) is 0.315. The average molecular weight is 146 g/mol. The Morgan fingerprint density at radius 2 is 1.80 bits per heavy atom. The van der Waals surface area contributed by atoms with Crippen LogP contribution < -0.4 is 0 Å². The molecule has 0 radical (unpaired) electrons. The highest BCUT2D eigenvalue weighted by molar-refractivity contribution is 5.62. The molecule has 0 aliphatic carbocycles. The fourth-order valence-corrected chi connectivity index (χ4v) is 0.129. The third-order valence-electron chi connectivity index (χ3n) is 0.273. The van der Waals surface area contributed by atoms with Gasteiger partial charge in [-0.05, 0) is 12.8 Å². The fourth-order valence-electron chi connectivity index (χ4n) is 0.129. The van der Waals surface area contributed by atoms with Crippen molar-refractivity contribution in [1.82, 2.24) is 0 Å². The standard InChI is InChI=1S/C4H6O2.C2H4O2/c1-2-3-4(5)6;1-2(3)4/h4-6H,1H3;1H3,(H,3,4). The minimum absolute atomic E-state index is 0.833. The van der Waals surface area contributed by atoms with Gasteiger partial charge in [-0.1, -0.05) is 0 Å². The maximum atomic E-state index is 9.00. The number of carboxylic acids is 1. The molecule has 4 heteroatoms. The van der Waals surface area contributed by atoms with E-state index >= 15 is 0 Å². The molecule has 4 nitrogen and oxygen atoms in total. The summed E-state index contributed by atoms with van der Waals surface area (Å²) in [5.41, 5.74) is 0. The van der Waals surface area contributed by atoms with E-state index in [1.807, 2.05) is 0 Å². The summed E-state index contributed by atoms with van der Waals surface area (Å²) < 4.78 is 0. The SMILES string of the molecule is CC#CC(O)O.CC(=O)O. The Morgan fingerprint density at radius 3 is 1.80 bits per heavy atom. The zero-order valence-corrected chi connectivity index (χ0v) is 5.83. The minimum Gasteiger partial charge on any atom is -0.481 e. The molecule has 0 aliphatic rings. The summed E-state index contributed by atoms with van der Waals surface area (Å²) in [5.74, 6) is 3.55. The second-order valence-electron chi connectivity index (χ2n) is 1.29. The molecule has 0 atom stereocenters. The molecule has 0 unspecified atom stereocenters. The zero-order chi connectivity index (χ0) is 8.57. The van der Waals surface area contributed by atoms with Gasteiger partial charge >= 0.3 is 0 Å². The molecule has 0 aromatic heterocycles. The summed E-state index contributed by atoms with van der Waals surface area (Å²) in [6, 6.07) is 0. The van der Waals surface area contributed by atoms with Gasteiger partial charge in [0, 0.05) is 6.92 Å². The lowest BCUT2D eigenvalue weighted by molar-refractivity contribution is -0.134. The van der Waals surface area contributed by atoms with Crippen molar-refractivity contribution in [2.24, 2.45) is 0 Å². The first kappa shape index (κ1) is 11.7. The number of carbonyl (C=O) groups is 1. The second-order valence-corrected chi connectivity index (χ2v) is 1.29. The Labute approximate surface area is 59.1 Å². The van der Waals surface area contributed by atoms with Crippen LogP contribution >= 0.6 is 0 Å². The van der Waals surface area contributed by atoms with Crippen LogP contribution in [0.4, 0.5) is 0 Å². The molecule has 0 aromatic carbocycles. The minimum atomic E-state index is -1.46. The van der Waals surface area contributed by atoms with Crippen molar-refractivity contribution in [2.75, 3.05) is 0 Å². The van der Waals surface area contributed by atoms with Gasteiger partial charge in [0.2, 0.25) is 6.29 Å². The van der Waals surface area contributed by atoms with E-state index in [2.05, 4.69) is 11.8 Å². The summed E-state index contributed by atoms with van der Waals surface area (Å²) in [4.78, 5) is 9.00. The predicted octanol–water partition coefficient (Wildman–Crippen LogP) is -0.589. The first-order valence-corrected chi connectivity index (χ1v) is 2.48. The molecule has 0 saturated carbocycles. The van der Waals surface area contributed by atoms with Crippen LogP contribution in [0, 0.1) is 11.8 Å². The lowest BCUT2D eigenvalue weighted by Crippen LogP contribution is -1.97. The van der Waals surface area contributed by atoms with Crippen molar-refractivity contribution in [1.29, 1.82) is 0 Å². The van der Waals surface area contributed by atoms with E-state index in [9.17, 15) is 0 Å². The van der Waals surface area contributed by atoms with Crippen LogP contribution in [-0.4, -0.2) is 27.6 Å². The summed E-state index contributed by atoms with van der Waals surface area (Å²) in [6.07, 6.45) is -1.46. The van der Waals surface area contributed by atoms with E-state index in [4.69, 9.17) is 20.1 Å². The Kier molecular flexibility index (Phi) is 9.31. The number of hydrogen-bond acceptors (Lipinski definition) is 3. The predicted molar refractivity (Wildman–Crippen MR) is 35.0 cm³/mol. The first-order chi connectivity index (χ1) is 4.50. The van der Waals surface area contributed by atoms with Gasteiger partial charge in [-0.3, -0.25) is 4.79 Å². The van der Waals surface area contributed by atoms with Crippen LogP contribution in [-0.2, 0) is 4.79 Å². The largest absolute Gasteiger partial charge is 0.481 e. The molecule has 0 aromatic rings. The second kappa shape index (κ2) is 7.95. The van der Waals surface area contributed by atoms with E-state index in [1.165, 1.54) is 0 Å². The van der Waals surface area contributed by atoms with Crippen molar-refractivity contribution in [3.8, 4) is 11.8 Å². The third kappa shape index (κ3) is 64.7. The lowest BCUT2D eigenvalue weighted by atomic mass is 10.6. The van der Waals surface area contributed by atoms with E-state index in [0.717, 1.165) is 6.92 Å². The van der Waals surface area contributed by atoms with Crippen LogP contribution in [0.15, 0.2) is 0 Å². The van der Waals surface area contributed by atoms with Crippen molar-refractivity contribution >= 4 is 5.97 Å². The molecule has 0 heterocycles. The summed E-state index contributed by atoms with van der Waals surface area (Å²) >= 11 is 0. The van der Waals surface area contributed by atoms with Crippen LogP contribution in [0.25, 0.3) is 0 Å². The van der Waals surface area contributed by atoms with Gasteiger partial charge in [-0.2, -0.15) is 0 Å². The molecule has 0 spiro atoms. The maximum Gasteiger partial charge on any atom is 0.300 e. The van der Waals surface area contributed by atoms with Crippen LogP contribution in [0.3, 0.4) is 0 Å². The third-order valence-corrected chi connectivity index (χ3v) is 0.273. The Balaban J connectivity index is 0. The monoisotopic (exact) mass is 146 g/mol. The number of aliphatic hydroxyl groups is 2. The first-order valence-electron chi connectivity index (χ1n) is 2.48. The Hall–Kier alpha value is -1.05. The molecule has 0 bridgehead atoms. The molecule has 0 rings (SSSR count). The topological polar surface area (TPSA) is 77.8 Å². The molecular weight excluding hydrogens is 136 g/mol. The van der Waals surface area contributed by atoms with Gasteiger partial charge < -0.3 is 15.3 Å². The van der Waals surface area contributed by atoms with E-state index in [1.54, 1.807) is 6.92 Å². The maximum absolute atomic E-state index is 9.00. The molecule has 10 heavy (non-hydrogen) atoms. The van der Waals surface area contributed by atoms with Gasteiger partial charge in [0.25, 0.3) is 5.97 Å². The van der Waals surface area contributed by atoms with Crippen molar-refractivity contribution < 1.29 is 20.1 Å². The summed E-state index contributed by atoms with van der Waals surface area (Å²) in [7, 11) is 0. The number of hydrogen-bond donors (Lipinski definition) is 3. The Morgan fingerprint density at radius 1 is 1.50 bits per heavy atom. The van der Waals surface area contributed by atoms with Crippen molar-refractivity contribution in [3.05, 3.63) is 0 Å². The highest BCUT2D eigenvalue weighted by Gasteiger charge is 1.79. The molecule has 0 fully saturated rings. The van der Waals surface area contributed by atoms with Crippen LogP contribution in [0.2, 0.25) is 0 Å². The molecule has 0 saturated heterocycles. The van der Waals surface area contributed by atoms with Gasteiger partial charge in [-0.25, -0.2) is 0 Å². The van der Waals surface area contributed by atoms with Crippen molar-refractivity contribution in [3.63, 3.8) is 0 Å². The van der Waals surface area contributed by atoms with Gasteiger partial charge in [0.05, 0.1) is 0 Å². The van der Waals surface area contributed by atoms with E-state index in [0.29, 0.717) is 0 Å². The van der Waals surface area contributed by atoms with Gasteiger partial charge in [-0.15, -0.1) is 5.92 Å². The normalized spacial score (nSPS) is 6.90. The lowest BCUT2D eigenvalue weighted by Gasteiger charge is -1.82. The van der Waals surface area contributed by atoms with Gasteiger partial charge in [0.15, 0.2) is 0 Å². The summed E-state index contributed by atoms with van der Waals surface area (Å²) in [5, 5.41) is 23.3. The summed E-state index contributed by atoms with van der Waals surface area (Å²) in [6.45, 7) is 2.62. The average Bonchev–Trinajstić information content (AvgIpc) is 1.62. The van der Waals surface area contributed by atoms with E-state index < -0.39 is 12.3 Å². The van der Waals surface area contributed by atoms with E-state index in [-0.39, 0.29) is 0 Å². The Bertz CT molecular complexity index is 136. The zero-order valence-electron chi connectivity index (χ0n) is 5.83. The molecule has 0 aliphatic heterocycles.